The van der Waals surface area contributed by atoms with E-state index in [1.807, 2.05) is 25.1 Å². The molecule has 3 rings (SSSR count). The van der Waals surface area contributed by atoms with Gasteiger partial charge in [-0.2, -0.15) is 5.10 Å². The fourth-order valence-electron chi connectivity index (χ4n) is 2.61. The van der Waals surface area contributed by atoms with Gasteiger partial charge < -0.3 is 5.32 Å². The molecule has 0 bridgehead atoms. The summed E-state index contributed by atoms with van der Waals surface area (Å²) in [6, 6.07) is 11.8. The molecule has 5 nitrogen and oxygen atoms in total. The number of benzene rings is 1. The summed E-state index contributed by atoms with van der Waals surface area (Å²) in [5, 5.41) is 10.1. The Hall–Kier alpha value is -3.02. The lowest BCUT2D eigenvalue weighted by molar-refractivity contribution is -0.120. The second-order valence-corrected chi connectivity index (χ2v) is 5.78. The molecule has 0 aliphatic heterocycles. The molecule has 0 atom stereocenters. The molecular formula is C19H19FN4O. The number of hydrogen-bond acceptors (Lipinski definition) is 3. The van der Waals surface area contributed by atoms with E-state index in [1.165, 1.54) is 12.1 Å². The van der Waals surface area contributed by atoms with Gasteiger partial charge in [0.05, 0.1) is 12.1 Å². The van der Waals surface area contributed by atoms with E-state index >= 15 is 0 Å². The maximum absolute atomic E-state index is 13.1. The number of nitrogens with zero attached hydrogens (tertiary/aromatic N) is 2. The zero-order valence-corrected chi connectivity index (χ0v) is 13.9. The van der Waals surface area contributed by atoms with E-state index < -0.39 is 0 Å². The van der Waals surface area contributed by atoms with Gasteiger partial charge in [-0.15, -0.1) is 0 Å². The first kappa shape index (κ1) is 16.8. The van der Waals surface area contributed by atoms with E-state index in [0.29, 0.717) is 18.7 Å². The highest BCUT2D eigenvalue weighted by molar-refractivity contribution is 5.81. The normalized spacial score (nSPS) is 10.6. The van der Waals surface area contributed by atoms with Crippen LogP contribution in [-0.2, 0) is 17.6 Å². The van der Waals surface area contributed by atoms with E-state index in [2.05, 4.69) is 20.5 Å². The van der Waals surface area contributed by atoms with E-state index in [0.717, 1.165) is 22.5 Å². The average Bonchev–Trinajstić information content (AvgIpc) is 2.97. The van der Waals surface area contributed by atoms with Crippen molar-refractivity contribution in [2.75, 3.05) is 6.54 Å². The Morgan fingerprint density at radius 1 is 1.20 bits per heavy atom. The molecule has 3 aromatic rings. The van der Waals surface area contributed by atoms with Crippen LogP contribution in [0.15, 0.2) is 48.7 Å². The molecule has 128 valence electrons. The molecule has 25 heavy (non-hydrogen) atoms. The molecule has 6 heteroatoms. The van der Waals surface area contributed by atoms with E-state index in [4.69, 9.17) is 0 Å². The monoisotopic (exact) mass is 338 g/mol. The van der Waals surface area contributed by atoms with Gasteiger partial charge in [0.15, 0.2) is 0 Å². The predicted molar refractivity (Wildman–Crippen MR) is 93.4 cm³/mol. The van der Waals surface area contributed by atoms with Crippen LogP contribution in [0.1, 0.15) is 17.0 Å². The number of aromatic nitrogens is 3. The molecular weight excluding hydrogens is 319 g/mol. The van der Waals surface area contributed by atoms with Crippen LogP contribution in [0.5, 0.6) is 0 Å². The number of nitrogens with one attached hydrogen (secondary N) is 2. The zero-order chi connectivity index (χ0) is 17.6. The smallest absolute Gasteiger partial charge is 0.224 e. The number of halogens is 1. The summed E-state index contributed by atoms with van der Waals surface area (Å²) in [4.78, 5) is 16.5. The minimum Gasteiger partial charge on any atom is -0.355 e. The molecule has 2 aromatic heterocycles. The third kappa shape index (κ3) is 4.29. The van der Waals surface area contributed by atoms with Crippen LogP contribution in [-0.4, -0.2) is 27.6 Å². The summed E-state index contributed by atoms with van der Waals surface area (Å²) < 4.78 is 13.1. The summed E-state index contributed by atoms with van der Waals surface area (Å²) in [5.41, 5.74) is 4.05. The van der Waals surface area contributed by atoms with Gasteiger partial charge in [-0.1, -0.05) is 6.07 Å². The molecule has 0 radical (unpaired) electrons. The number of rotatable bonds is 6. The molecule has 0 aliphatic carbocycles. The van der Waals surface area contributed by atoms with Crippen molar-refractivity contribution in [3.63, 3.8) is 0 Å². The second-order valence-electron chi connectivity index (χ2n) is 5.78. The van der Waals surface area contributed by atoms with Crippen molar-refractivity contribution in [1.82, 2.24) is 20.5 Å². The lowest BCUT2D eigenvalue weighted by Crippen LogP contribution is -2.27. The summed E-state index contributed by atoms with van der Waals surface area (Å²) >= 11 is 0. The standard InChI is InChI=1S/C19H19FN4O/c1-13-17(19(24-23-13)14-5-7-15(20)8-6-14)12-18(25)22-11-9-16-4-2-3-10-21-16/h2-8,10H,9,11-12H2,1H3,(H,22,25)(H,23,24). The number of aromatic amines is 1. The number of carbonyl (C=O) groups is 1. The zero-order valence-electron chi connectivity index (χ0n) is 13.9. The van der Waals surface area contributed by atoms with Crippen LogP contribution in [0.25, 0.3) is 11.3 Å². The molecule has 0 unspecified atom stereocenters. The van der Waals surface area contributed by atoms with E-state index in [1.54, 1.807) is 18.3 Å². The molecule has 2 heterocycles. The topological polar surface area (TPSA) is 70.7 Å². The maximum Gasteiger partial charge on any atom is 0.224 e. The molecule has 1 amide bonds. The van der Waals surface area contributed by atoms with Gasteiger partial charge in [0.25, 0.3) is 0 Å². The maximum atomic E-state index is 13.1. The quantitative estimate of drug-likeness (QED) is 0.726. The van der Waals surface area contributed by atoms with Gasteiger partial charge in [0.1, 0.15) is 5.82 Å². The van der Waals surface area contributed by atoms with Crippen LogP contribution < -0.4 is 5.32 Å². The first-order valence-corrected chi connectivity index (χ1v) is 8.10. The van der Waals surface area contributed by atoms with Crippen LogP contribution in [0.2, 0.25) is 0 Å². The number of hydrogen-bond donors (Lipinski definition) is 2. The van der Waals surface area contributed by atoms with Crippen LogP contribution in [0, 0.1) is 12.7 Å². The average molecular weight is 338 g/mol. The van der Waals surface area contributed by atoms with Gasteiger partial charge in [-0.05, 0) is 43.3 Å². The molecule has 0 aliphatic rings. The van der Waals surface area contributed by atoms with Crippen LogP contribution >= 0.6 is 0 Å². The minimum atomic E-state index is -0.301. The largest absolute Gasteiger partial charge is 0.355 e. The number of carbonyl (C=O) groups excluding carboxylic acids is 1. The van der Waals surface area contributed by atoms with Crippen molar-refractivity contribution in [3.05, 3.63) is 71.4 Å². The lowest BCUT2D eigenvalue weighted by Gasteiger charge is -2.07. The predicted octanol–water partition coefficient (Wildman–Crippen LogP) is 2.82. The fraction of sp³-hybridized carbons (Fsp3) is 0.211. The molecule has 2 N–H and O–H groups in total. The third-order valence-electron chi connectivity index (χ3n) is 3.96. The van der Waals surface area contributed by atoms with E-state index in [-0.39, 0.29) is 18.1 Å². The van der Waals surface area contributed by atoms with Gasteiger partial charge in [0, 0.05) is 41.7 Å². The minimum absolute atomic E-state index is 0.0798. The Labute approximate surface area is 145 Å². The molecule has 0 saturated carbocycles. The number of amides is 1. The van der Waals surface area contributed by atoms with Crippen molar-refractivity contribution in [2.24, 2.45) is 0 Å². The molecule has 0 spiro atoms. The summed E-state index contributed by atoms with van der Waals surface area (Å²) in [6.07, 6.45) is 2.64. The molecule has 0 fully saturated rings. The van der Waals surface area contributed by atoms with Gasteiger partial charge in [-0.3, -0.25) is 14.9 Å². The van der Waals surface area contributed by atoms with Gasteiger partial charge in [0.2, 0.25) is 5.91 Å². The lowest BCUT2D eigenvalue weighted by atomic mass is 10.0. The Bertz CT molecular complexity index is 844. The summed E-state index contributed by atoms with van der Waals surface area (Å²) in [6.45, 7) is 2.40. The Balaban J connectivity index is 1.63. The van der Waals surface area contributed by atoms with Crippen molar-refractivity contribution in [1.29, 1.82) is 0 Å². The van der Waals surface area contributed by atoms with Gasteiger partial charge >= 0.3 is 0 Å². The fourth-order valence-corrected chi connectivity index (χ4v) is 2.61. The van der Waals surface area contributed by atoms with Crippen LogP contribution in [0.3, 0.4) is 0 Å². The number of H-pyrrole nitrogens is 1. The van der Waals surface area contributed by atoms with Crippen molar-refractivity contribution in [3.8, 4) is 11.3 Å². The highest BCUT2D eigenvalue weighted by Crippen LogP contribution is 2.24. The van der Waals surface area contributed by atoms with E-state index in [9.17, 15) is 9.18 Å². The molecule has 0 saturated heterocycles. The van der Waals surface area contributed by atoms with Gasteiger partial charge in [-0.25, -0.2) is 4.39 Å². The summed E-state index contributed by atoms with van der Waals surface area (Å²) in [5.74, 6) is -0.381. The summed E-state index contributed by atoms with van der Waals surface area (Å²) in [7, 11) is 0. The first-order valence-electron chi connectivity index (χ1n) is 8.10. The third-order valence-corrected chi connectivity index (χ3v) is 3.96. The molecule has 1 aromatic carbocycles. The van der Waals surface area contributed by atoms with Crippen molar-refractivity contribution in [2.45, 2.75) is 19.8 Å². The first-order chi connectivity index (χ1) is 12.1. The Kier molecular flexibility index (Phi) is 5.18. The highest BCUT2D eigenvalue weighted by Gasteiger charge is 2.15. The SMILES string of the molecule is Cc1[nH]nc(-c2ccc(F)cc2)c1CC(=O)NCCc1ccccn1. The van der Waals surface area contributed by atoms with Crippen molar-refractivity contribution >= 4 is 5.91 Å². The highest BCUT2D eigenvalue weighted by atomic mass is 19.1. The second kappa shape index (κ2) is 7.70. The Morgan fingerprint density at radius 3 is 2.72 bits per heavy atom. The van der Waals surface area contributed by atoms with Crippen molar-refractivity contribution < 1.29 is 9.18 Å². The number of aryl methyl sites for hydroxylation is 1. The Morgan fingerprint density at radius 2 is 2.00 bits per heavy atom. The van der Waals surface area contributed by atoms with Crippen LogP contribution in [0.4, 0.5) is 4.39 Å². The number of pyridine rings is 1.